The Morgan fingerprint density at radius 3 is 1.92 bits per heavy atom. The predicted octanol–water partition coefficient (Wildman–Crippen LogP) is 5.18. The number of hydrogen-bond donors (Lipinski definition) is 4. The highest BCUT2D eigenvalue weighted by molar-refractivity contribution is 6.39. The van der Waals surface area contributed by atoms with Gasteiger partial charge < -0.3 is 26.0 Å². The number of carbonyl (C=O) groups is 2. The Labute approximate surface area is 293 Å². The fourth-order valence-corrected chi connectivity index (χ4v) is 7.07. The quantitative estimate of drug-likeness (QED) is 0.140. The Hall–Kier alpha value is -4.55. The number of methoxy groups -OCH3 is 1. The van der Waals surface area contributed by atoms with Gasteiger partial charge in [0, 0.05) is 90.7 Å². The molecule has 7 rings (SSSR count). The summed E-state index contributed by atoms with van der Waals surface area (Å²) in [6, 6.07) is 17.7. The third-order valence-corrected chi connectivity index (χ3v) is 9.81. The van der Waals surface area contributed by atoms with Gasteiger partial charge in [-0.2, -0.15) is 5.10 Å². The van der Waals surface area contributed by atoms with Gasteiger partial charge in [-0.3, -0.25) is 9.59 Å². The van der Waals surface area contributed by atoms with E-state index in [1.807, 2.05) is 60.8 Å². The Kier molecular flexibility index (Phi) is 9.77. The number of fused-ring (bicyclic) bond motifs is 1. The third kappa shape index (κ3) is 7.11. The van der Waals surface area contributed by atoms with Crippen molar-refractivity contribution in [2.24, 2.45) is 0 Å². The smallest absolute Gasteiger partial charge is 0.220 e. The number of nitrogens with one attached hydrogen (secondary N) is 4. The lowest BCUT2D eigenvalue weighted by Crippen LogP contribution is -2.35. The molecule has 0 aliphatic carbocycles. The summed E-state index contributed by atoms with van der Waals surface area (Å²) in [5.74, 6) is 0.704. The molecule has 11 nitrogen and oxygen atoms in total. The highest BCUT2D eigenvalue weighted by Crippen LogP contribution is 2.42. The van der Waals surface area contributed by atoms with E-state index in [0.717, 1.165) is 51.9 Å². The Balaban J connectivity index is 1.11. The van der Waals surface area contributed by atoms with Gasteiger partial charge in [-0.15, -0.1) is 0 Å². The van der Waals surface area contributed by atoms with Gasteiger partial charge in [0.1, 0.15) is 0 Å². The maximum absolute atomic E-state index is 11.5. The first-order valence-electron chi connectivity index (χ1n) is 16.3. The van der Waals surface area contributed by atoms with Crippen molar-refractivity contribution in [1.29, 1.82) is 0 Å². The van der Waals surface area contributed by atoms with E-state index >= 15 is 0 Å². The minimum atomic E-state index is 0.0990. The number of nitrogens with zero attached hydrogens (tertiary/aromatic N) is 4. The van der Waals surface area contributed by atoms with E-state index in [-0.39, 0.29) is 23.9 Å². The summed E-state index contributed by atoms with van der Waals surface area (Å²) >= 11 is 14.2. The van der Waals surface area contributed by atoms with Crippen molar-refractivity contribution in [3.8, 4) is 39.5 Å². The molecule has 2 amide bonds. The number of aromatic nitrogens is 4. The third-order valence-electron chi connectivity index (χ3n) is 9.00. The summed E-state index contributed by atoms with van der Waals surface area (Å²) in [6.45, 7) is 2.48. The van der Waals surface area contributed by atoms with Crippen LogP contribution in [-0.4, -0.2) is 63.7 Å². The summed E-state index contributed by atoms with van der Waals surface area (Å²) in [4.78, 5) is 32.8. The van der Waals surface area contributed by atoms with Crippen LogP contribution in [0.5, 0.6) is 5.88 Å². The van der Waals surface area contributed by atoms with Crippen LogP contribution in [0.2, 0.25) is 10.0 Å². The summed E-state index contributed by atoms with van der Waals surface area (Å²) in [7, 11) is 1.60. The van der Waals surface area contributed by atoms with Gasteiger partial charge in [-0.05, 0) is 25.0 Å². The van der Waals surface area contributed by atoms with Gasteiger partial charge in [0.25, 0.3) is 0 Å². The minimum absolute atomic E-state index is 0.0990. The number of amides is 2. The van der Waals surface area contributed by atoms with E-state index in [2.05, 4.69) is 26.4 Å². The molecule has 0 unspecified atom stereocenters. The van der Waals surface area contributed by atoms with E-state index < -0.39 is 0 Å². The maximum atomic E-state index is 11.5. The normalized spacial score (nSPS) is 17.4. The first kappa shape index (κ1) is 33.0. The second kappa shape index (κ2) is 14.5. The standard InChI is InChI=1S/C36H36Cl2N8O3/c1-49-36-21(16-39-19-23-9-12-31(47)42-23)8-11-29(45-36)27-6-2-4-25(33(27)37)26-5-3-7-28(34(26)38)30-14-15-46-35(44-30)22(18-41-46)17-40-20-24-10-13-32(48)43-24/h2-8,11,14-15,18,23-24,39-40H,9-10,12-13,16-17,19-20H2,1H3,(H,42,47)(H,43,48)/t23-,24+/m1/s1. The lowest BCUT2D eigenvalue weighted by Gasteiger charge is -2.15. The predicted molar refractivity (Wildman–Crippen MR) is 189 cm³/mol. The minimum Gasteiger partial charge on any atom is -0.481 e. The highest BCUT2D eigenvalue weighted by atomic mass is 35.5. The van der Waals surface area contributed by atoms with Crippen LogP contribution in [-0.2, 0) is 22.7 Å². The molecule has 0 spiro atoms. The topological polar surface area (TPSA) is 135 Å². The van der Waals surface area contributed by atoms with Gasteiger partial charge in [-0.1, -0.05) is 65.7 Å². The zero-order chi connectivity index (χ0) is 33.9. The number of pyridine rings is 1. The highest BCUT2D eigenvalue weighted by Gasteiger charge is 2.22. The lowest BCUT2D eigenvalue weighted by molar-refractivity contribution is -0.120. The molecule has 252 valence electrons. The first-order chi connectivity index (χ1) is 23.9. The van der Waals surface area contributed by atoms with Crippen LogP contribution >= 0.6 is 23.2 Å². The van der Waals surface area contributed by atoms with Gasteiger partial charge in [0.15, 0.2) is 5.65 Å². The second-order valence-corrected chi connectivity index (χ2v) is 13.1. The van der Waals surface area contributed by atoms with Crippen molar-refractivity contribution >= 4 is 40.7 Å². The van der Waals surface area contributed by atoms with Crippen molar-refractivity contribution in [1.82, 2.24) is 40.8 Å². The molecule has 0 radical (unpaired) electrons. The van der Waals surface area contributed by atoms with Gasteiger partial charge in [-0.25, -0.2) is 14.5 Å². The molecule has 0 bridgehead atoms. The van der Waals surface area contributed by atoms with Crippen LogP contribution in [0.25, 0.3) is 39.3 Å². The van der Waals surface area contributed by atoms with E-state index in [1.54, 1.807) is 17.8 Å². The lowest BCUT2D eigenvalue weighted by atomic mass is 9.98. The van der Waals surface area contributed by atoms with Crippen LogP contribution in [0.3, 0.4) is 0 Å². The largest absolute Gasteiger partial charge is 0.481 e. The van der Waals surface area contributed by atoms with Crippen molar-refractivity contribution in [3.05, 3.63) is 88.2 Å². The Morgan fingerprint density at radius 2 is 1.35 bits per heavy atom. The van der Waals surface area contributed by atoms with Crippen LogP contribution in [0.15, 0.2) is 67.0 Å². The summed E-state index contributed by atoms with van der Waals surface area (Å²) < 4.78 is 7.39. The molecule has 2 aliphatic heterocycles. The molecular weight excluding hydrogens is 663 g/mol. The summed E-state index contributed by atoms with van der Waals surface area (Å²) in [6.07, 6.45) is 6.50. The number of hydrogen-bond acceptors (Lipinski definition) is 8. The molecule has 2 aliphatic rings. The van der Waals surface area contributed by atoms with Crippen LogP contribution in [0.1, 0.15) is 36.8 Å². The van der Waals surface area contributed by atoms with Gasteiger partial charge in [0.05, 0.1) is 34.7 Å². The fraction of sp³-hybridized carbons (Fsp3) is 0.306. The zero-order valence-electron chi connectivity index (χ0n) is 26.9. The summed E-state index contributed by atoms with van der Waals surface area (Å²) in [5, 5.41) is 18.3. The van der Waals surface area contributed by atoms with Crippen LogP contribution in [0, 0.1) is 0 Å². The first-order valence-corrected chi connectivity index (χ1v) is 17.1. The maximum Gasteiger partial charge on any atom is 0.220 e. The molecule has 5 heterocycles. The number of ether oxygens (including phenoxy) is 1. The van der Waals surface area contributed by atoms with Crippen molar-refractivity contribution < 1.29 is 14.3 Å². The zero-order valence-corrected chi connectivity index (χ0v) is 28.4. The molecule has 2 aromatic carbocycles. The number of carbonyl (C=O) groups excluding carboxylic acids is 2. The number of benzene rings is 2. The van der Waals surface area contributed by atoms with Crippen molar-refractivity contribution in [2.75, 3.05) is 20.2 Å². The van der Waals surface area contributed by atoms with Crippen molar-refractivity contribution in [2.45, 2.75) is 50.9 Å². The molecule has 3 aromatic heterocycles. The number of rotatable bonds is 12. The Morgan fingerprint density at radius 1 is 0.776 bits per heavy atom. The molecule has 0 saturated carbocycles. The second-order valence-electron chi connectivity index (χ2n) is 12.3. The molecule has 13 heteroatoms. The molecule has 2 saturated heterocycles. The average molecular weight is 700 g/mol. The van der Waals surface area contributed by atoms with E-state index in [0.29, 0.717) is 66.3 Å². The SMILES string of the molecule is COc1nc(-c2cccc(-c3cccc(-c4ccn5ncc(CNC[C@@H]6CCC(=O)N6)c5n4)c3Cl)c2Cl)ccc1CNC[C@H]1CCC(=O)N1. The van der Waals surface area contributed by atoms with E-state index in [1.165, 1.54) is 0 Å². The van der Waals surface area contributed by atoms with E-state index in [9.17, 15) is 9.59 Å². The molecule has 2 atom stereocenters. The van der Waals surface area contributed by atoms with Crippen molar-refractivity contribution in [3.63, 3.8) is 0 Å². The van der Waals surface area contributed by atoms with E-state index in [4.69, 9.17) is 37.9 Å². The molecule has 5 aromatic rings. The molecule has 49 heavy (non-hydrogen) atoms. The summed E-state index contributed by atoms with van der Waals surface area (Å²) in [5.41, 5.74) is 7.02. The molecular formula is C36H36Cl2N8O3. The molecule has 4 N–H and O–H groups in total. The van der Waals surface area contributed by atoms with Gasteiger partial charge in [0.2, 0.25) is 17.7 Å². The van der Waals surface area contributed by atoms with Crippen LogP contribution < -0.4 is 26.0 Å². The monoisotopic (exact) mass is 698 g/mol. The average Bonchev–Trinajstić information content (AvgIpc) is 3.84. The van der Waals surface area contributed by atoms with Crippen LogP contribution in [0.4, 0.5) is 0 Å². The Bertz CT molecular complexity index is 2030. The van der Waals surface area contributed by atoms with Gasteiger partial charge >= 0.3 is 0 Å². The molecule has 2 fully saturated rings. The number of halogens is 2. The fourth-order valence-electron chi connectivity index (χ4n) is 6.42.